The van der Waals surface area contributed by atoms with E-state index in [1.54, 1.807) is 77.8 Å². The zero-order chi connectivity index (χ0) is 28.0. The molecule has 37 heavy (non-hydrogen) atoms. The summed E-state index contributed by atoms with van der Waals surface area (Å²) in [5, 5.41) is 11.8. The van der Waals surface area contributed by atoms with E-state index in [1.165, 1.54) is 6.20 Å². The lowest BCUT2D eigenvalue weighted by Gasteiger charge is -2.25. The summed E-state index contributed by atoms with van der Waals surface area (Å²) in [4.78, 5) is 47.7. The summed E-state index contributed by atoms with van der Waals surface area (Å²) in [6.45, 7) is 10.4. The van der Waals surface area contributed by atoms with E-state index in [4.69, 9.17) is 20.5 Å². The molecular formula is C26H34N6O5. The van der Waals surface area contributed by atoms with Crippen molar-refractivity contribution in [2.75, 3.05) is 17.7 Å². The van der Waals surface area contributed by atoms with Crippen molar-refractivity contribution in [1.82, 2.24) is 15.3 Å². The highest BCUT2D eigenvalue weighted by atomic mass is 16.6. The maximum Gasteiger partial charge on any atom is 0.329 e. The average Bonchev–Trinajstić information content (AvgIpc) is 2.79. The number of ether oxygens (including phenoxy) is 2. The normalized spacial score (nSPS) is 12.2. The Morgan fingerprint density at radius 2 is 1.68 bits per heavy atom. The number of nitrogens with one attached hydrogen (secondary N) is 1. The average molecular weight is 511 g/mol. The first-order valence-electron chi connectivity index (χ1n) is 11.7. The molecule has 0 saturated heterocycles. The fourth-order valence-corrected chi connectivity index (χ4v) is 3.12. The number of nitriles is 1. The minimum atomic E-state index is -1.05. The fourth-order valence-electron chi connectivity index (χ4n) is 3.12. The van der Waals surface area contributed by atoms with Crippen LogP contribution in [0.15, 0.2) is 30.5 Å². The smallest absolute Gasteiger partial charge is 0.329 e. The lowest BCUT2D eigenvalue weighted by Crippen LogP contribution is -2.44. The SMILES string of the molecule is CN(c1ccc(C(=O)N[C@@H](CCC(=O)OC(C)(C)C)C(=O)OC(C)(C)C)cc1)c1cnc(N)c(C#N)n1. The van der Waals surface area contributed by atoms with Gasteiger partial charge in [-0.2, -0.15) is 5.26 Å². The molecule has 2 aromatic rings. The van der Waals surface area contributed by atoms with E-state index in [2.05, 4.69) is 15.3 Å². The molecule has 1 aromatic carbocycles. The number of hydrogen-bond donors (Lipinski definition) is 2. The van der Waals surface area contributed by atoms with Crippen molar-refractivity contribution in [3.8, 4) is 6.07 Å². The molecule has 0 spiro atoms. The van der Waals surface area contributed by atoms with Crippen molar-refractivity contribution >= 4 is 35.2 Å². The molecule has 0 aliphatic heterocycles. The summed E-state index contributed by atoms with van der Waals surface area (Å²) < 4.78 is 10.7. The number of benzene rings is 1. The summed E-state index contributed by atoms with van der Waals surface area (Å²) in [5.74, 6) is -1.19. The predicted molar refractivity (Wildman–Crippen MR) is 138 cm³/mol. The van der Waals surface area contributed by atoms with Gasteiger partial charge in [0.2, 0.25) is 0 Å². The van der Waals surface area contributed by atoms with Crippen molar-refractivity contribution < 1.29 is 23.9 Å². The van der Waals surface area contributed by atoms with Crippen molar-refractivity contribution in [3.63, 3.8) is 0 Å². The van der Waals surface area contributed by atoms with Gasteiger partial charge in [-0.05, 0) is 72.2 Å². The molecular weight excluding hydrogens is 476 g/mol. The fraction of sp³-hybridized carbons (Fsp3) is 0.462. The van der Waals surface area contributed by atoms with E-state index in [0.29, 0.717) is 17.1 Å². The largest absolute Gasteiger partial charge is 0.460 e. The van der Waals surface area contributed by atoms with Gasteiger partial charge in [0.05, 0.1) is 6.20 Å². The zero-order valence-corrected chi connectivity index (χ0v) is 22.3. The van der Waals surface area contributed by atoms with Gasteiger partial charge in [0, 0.05) is 24.7 Å². The molecule has 3 N–H and O–H groups in total. The summed E-state index contributed by atoms with van der Waals surface area (Å²) in [6.07, 6.45) is 1.39. The van der Waals surface area contributed by atoms with Gasteiger partial charge >= 0.3 is 11.9 Å². The maximum absolute atomic E-state index is 12.9. The van der Waals surface area contributed by atoms with E-state index in [-0.39, 0.29) is 24.4 Å². The number of nitrogens with two attached hydrogens (primary N) is 1. The third-order valence-electron chi connectivity index (χ3n) is 4.81. The minimum Gasteiger partial charge on any atom is -0.460 e. The van der Waals surface area contributed by atoms with Crippen molar-refractivity contribution in [3.05, 3.63) is 41.7 Å². The molecule has 11 nitrogen and oxygen atoms in total. The first-order valence-corrected chi connectivity index (χ1v) is 11.7. The Morgan fingerprint density at radius 3 is 2.22 bits per heavy atom. The molecule has 198 valence electrons. The Hall–Kier alpha value is -4.20. The van der Waals surface area contributed by atoms with Crippen LogP contribution in [-0.4, -0.2) is 52.1 Å². The molecule has 2 rings (SSSR count). The zero-order valence-electron chi connectivity index (χ0n) is 22.3. The van der Waals surface area contributed by atoms with E-state index in [0.717, 1.165) is 0 Å². The quantitative estimate of drug-likeness (QED) is 0.504. The molecule has 1 aromatic heterocycles. The first-order chi connectivity index (χ1) is 17.1. The van der Waals surface area contributed by atoms with Crippen LogP contribution >= 0.6 is 0 Å². The second kappa shape index (κ2) is 11.7. The number of carbonyl (C=O) groups excluding carboxylic acids is 3. The number of nitrogen functional groups attached to an aromatic ring is 1. The van der Waals surface area contributed by atoms with Crippen molar-refractivity contribution in [1.29, 1.82) is 5.26 Å². The molecule has 0 saturated carbocycles. The summed E-state index contributed by atoms with van der Waals surface area (Å²) in [7, 11) is 1.73. The number of aromatic nitrogens is 2. The van der Waals surface area contributed by atoms with Gasteiger partial charge in [0.25, 0.3) is 5.91 Å². The first kappa shape index (κ1) is 29.0. The van der Waals surface area contributed by atoms with Crippen molar-refractivity contribution in [2.24, 2.45) is 0 Å². The summed E-state index contributed by atoms with van der Waals surface area (Å²) >= 11 is 0. The third kappa shape index (κ3) is 9.07. The van der Waals surface area contributed by atoms with Crippen LogP contribution < -0.4 is 16.0 Å². The molecule has 1 atom stereocenters. The van der Waals surface area contributed by atoms with Gasteiger partial charge in [-0.3, -0.25) is 9.59 Å². The summed E-state index contributed by atoms with van der Waals surface area (Å²) in [5.41, 5.74) is 5.19. The Bertz CT molecular complexity index is 1180. The van der Waals surface area contributed by atoms with Gasteiger partial charge in [-0.1, -0.05) is 0 Å². The number of hydrogen-bond acceptors (Lipinski definition) is 10. The highest BCUT2D eigenvalue weighted by Gasteiger charge is 2.28. The van der Waals surface area contributed by atoms with E-state index >= 15 is 0 Å². The number of esters is 2. The van der Waals surface area contributed by atoms with Crippen LogP contribution in [-0.2, 0) is 19.1 Å². The van der Waals surface area contributed by atoms with E-state index in [9.17, 15) is 14.4 Å². The molecule has 0 fully saturated rings. The molecule has 0 unspecified atom stereocenters. The van der Waals surface area contributed by atoms with E-state index < -0.39 is 35.1 Å². The highest BCUT2D eigenvalue weighted by molar-refractivity contribution is 5.97. The number of amides is 1. The van der Waals surface area contributed by atoms with Crippen molar-refractivity contribution in [2.45, 2.75) is 71.6 Å². The minimum absolute atomic E-state index is 0.0138. The lowest BCUT2D eigenvalue weighted by atomic mass is 10.1. The Morgan fingerprint density at radius 1 is 1.08 bits per heavy atom. The van der Waals surface area contributed by atoms with Crippen LogP contribution in [0.25, 0.3) is 0 Å². The Kier molecular flexibility index (Phi) is 9.17. The lowest BCUT2D eigenvalue weighted by molar-refractivity contribution is -0.158. The topological polar surface area (TPSA) is 161 Å². The molecule has 11 heteroatoms. The van der Waals surface area contributed by atoms with Crippen LogP contribution in [0, 0.1) is 11.3 Å². The third-order valence-corrected chi connectivity index (χ3v) is 4.81. The van der Waals surface area contributed by atoms with Gasteiger partial charge in [0.15, 0.2) is 17.3 Å². The molecule has 0 aliphatic carbocycles. The van der Waals surface area contributed by atoms with Crippen LogP contribution in [0.2, 0.25) is 0 Å². The van der Waals surface area contributed by atoms with Crippen LogP contribution in [0.5, 0.6) is 0 Å². The number of anilines is 3. The van der Waals surface area contributed by atoms with Gasteiger partial charge < -0.3 is 25.4 Å². The predicted octanol–water partition coefficient (Wildman–Crippen LogP) is 3.26. The van der Waals surface area contributed by atoms with Crippen LogP contribution in [0.3, 0.4) is 0 Å². The number of carbonyl (C=O) groups is 3. The van der Waals surface area contributed by atoms with Crippen LogP contribution in [0.1, 0.15) is 70.4 Å². The highest BCUT2D eigenvalue weighted by Crippen LogP contribution is 2.23. The molecule has 1 heterocycles. The summed E-state index contributed by atoms with van der Waals surface area (Å²) in [6, 6.07) is 7.37. The van der Waals surface area contributed by atoms with Crippen LogP contribution in [0.4, 0.5) is 17.3 Å². The second-order valence-electron chi connectivity index (χ2n) is 10.4. The second-order valence-corrected chi connectivity index (χ2v) is 10.4. The maximum atomic E-state index is 12.9. The van der Waals surface area contributed by atoms with Gasteiger partial charge in [0.1, 0.15) is 23.3 Å². The molecule has 0 aliphatic rings. The molecule has 0 bridgehead atoms. The van der Waals surface area contributed by atoms with Gasteiger partial charge in [-0.25, -0.2) is 14.8 Å². The van der Waals surface area contributed by atoms with Gasteiger partial charge in [-0.15, -0.1) is 0 Å². The number of rotatable bonds is 8. The monoisotopic (exact) mass is 510 g/mol. The molecule has 1 amide bonds. The Labute approximate surface area is 217 Å². The standard InChI is InChI=1S/C26H34N6O5/c1-25(2,3)36-21(33)13-12-18(24(35)37-26(4,5)6)31-23(34)16-8-10-17(11-9-16)32(7)20-15-29-22(28)19(14-27)30-20/h8-11,15,18H,12-13H2,1-7H3,(H2,28,29)(H,31,34)/t18-/m0/s1. The molecule has 0 radical (unpaired) electrons. The number of nitrogens with zero attached hydrogens (tertiary/aromatic N) is 4. The van der Waals surface area contributed by atoms with E-state index in [1.807, 2.05) is 6.07 Å². The Balaban J connectivity index is 2.15.